The van der Waals surface area contributed by atoms with E-state index in [1.807, 2.05) is 18.2 Å². The second-order valence-electron chi connectivity index (χ2n) is 13.3. The van der Waals surface area contributed by atoms with Crippen LogP contribution in [0.2, 0.25) is 0 Å². The smallest absolute Gasteiger partial charge is 0.250 e. The normalized spacial score (nSPS) is 26.1. The number of fused-ring (bicyclic) bond motifs is 3. The molecule has 4 aromatic rings. The van der Waals surface area contributed by atoms with Gasteiger partial charge in [0.1, 0.15) is 12.4 Å². The van der Waals surface area contributed by atoms with Gasteiger partial charge in [0.25, 0.3) is 0 Å². The van der Waals surface area contributed by atoms with Gasteiger partial charge in [-0.3, -0.25) is 9.69 Å². The zero-order chi connectivity index (χ0) is 29.6. The first-order chi connectivity index (χ1) is 21.6. The highest BCUT2D eigenvalue weighted by molar-refractivity contribution is 9.10. The highest BCUT2D eigenvalue weighted by atomic mass is 79.9. The molecule has 4 fully saturated rings. The molecule has 5 heterocycles. The molecule has 0 aliphatic carbocycles. The van der Waals surface area contributed by atoms with Crippen molar-refractivity contribution in [3.63, 3.8) is 0 Å². The fourth-order valence-corrected chi connectivity index (χ4v) is 9.05. The Balaban J connectivity index is 1.03. The molecule has 0 bridgehead atoms. The predicted molar refractivity (Wildman–Crippen MR) is 179 cm³/mol. The molecule has 8 rings (SSSR count). The van der Waals surface area contributed by atoms with E-state index in [9.17, 15) is 4.79 Å². The lowest BCUT2D eigenvalue weighted by molar-refractivity contribution is -0.145. The summed E-state index contributed by atoms with van der Waals surface area (Å²) in [6.07, 6.45) is 11.5. The summed E-state index contributed by atoms with van der Waals surface area (Å²) in [6.45, 7) is 4.78. The summed E-state index contributed by atoms with van der Waals surface area (Å²) in [5.74, 6) is 2.45. The molecule has 44 heavy (non-hydrogen) atoms. The third-order valence-electron chi connectivity index (χ3n) is 10.6. The Labute approximate surface area is 268 Å². The van der Waals surface area contributed by atoms with E-state index in [2.05, 4.69) is 97.2 Å². The Morgan fingerprint density at radius 1 is 0.909 bits per heavy atom. The van der Waals surface area contributed by atoms with E-state index >= 15 is 0 Å². The number of carbonyl (C=O) groups excluding carboxylic acids is 1. The molecule has 3 aromatic carbocycles. The fourth-order valence-electron chi connectivity index (χ4n) is 8.69. The highest BCUT2D eigenvalue weighted by Crippen LogP contribution is 2.45. The van der Waals surface area contributed by atoms with Crippen LogP contribution in [0.15, 0.2) is 89.0 Å². The summed E-state index contributed by atoms with van der Waals surface area (Å²) in [7, 11) is 0. The quantitative estimate of drug-likeness (QED) is 0.199. The summed E-state index contributed by atoms with van der Waals surface area (Å²) < 4.78 is 9.38. The average Bonchev–Trinajstić information content (AvgIpc) is 3.38. The van der Waals surface area contributed by atoms with Gasteiger partial charge in [-0.05, 0) is 111 Å². The van der Waals surface area contributed by atoms with Crippen molar-refractivity contribution in [2.75, 3.05) is 19.6 Å². The molecule has 1 aromatic heterocycles. The molecule has 0 spiro atoms. The molecule has 4 aliphatic rings. The number of benzene rings is 3. The lowest BCUT2D eigenvalue weighted by Crippen LogP contribution is -2.66. The van der Waals surface area contributed by atoms with Crippen LogP contribution in [0.1, 0.15) is 55.2 Å². The largest absolute Gasteiger partial charge is 0.489 e. The number of aromatic nitrogens is 1. The monoisotopic (exact) mass is 649 g/mol. The Hall–Kier alpha value is -3.35. The molecular formula is C38H40BrN3O2. The number of halogens is 1. The van der Waals surface area contributed by atoms with Gasteiger partial charge in [0, 0.05) is 57.9 Å². The minimum Gasteiger partial charge on any atom is -0.489 e. The fraction of sp³-hybridized carbons (Fsp3) is 0.395. The summed E-state index contributed by atoms with van der Waals surface area (Å²) in [5, 5.41) is 1.18. The molecule has 4 atom stereocenters. The van der Waals surface area contributed by atoms with Crippen LogP contribution in [0.3, 0.4) is 0 Å². The number of piperidine rings is 4. The van der Waals surface area contributed by atoms with E-state index in [-0.39, 0.29) is 5.91 Å². The van der Waals surface area contributed by atoms with Gasteiger partial charge in [0.15, 0.2) is 0 Å². The maximum absolute atomic E-state index is 14.1. The van der Waals surface area contributed by atoms with Gasteiger partial charge in [0.2, 0.25) is 5.91 Å². The van der Waals surface area contributed by atoms with E-state index in [1.54, 1.807) is 0 Å². The van der Waals surface area contributed by atoms with Crippen molar-refractivity contribution in [1.29, 1.82) is 0 Å². The van der Waals surface area contributed by atoms with E-state index in [4.69, 9.17) is 4.74 Å². The molecule has 5 nitrogen and oxygen atoms in total. The van der Waals surface area contributed by atoms with Crippen molar-refractivity contribution in [2.24, 2.45) is 11.8 Å². The molecule has 226 valence electrons. The molecule has 0 N–H and O–H groups in total. The van der Waals surface area contributed by atoms with Gasteiger partial charge in [0.05, 0.1) is 0 Å². The number of nitrogens with zero attached hydrogens (tertiary/aromatic N) is 3. The second kappa shape index (κ2) is 11.9. The molecular weight excluding hydrogens is 610 g/mol. The maximum Gasteiger partial charge on any atom is 0.250 e. The van der Waals surface area contributed by atoms with Crippen molar-refractivity contribution < 1.29 is 9.53 Å². The van der Waals surface area contributed by atoms with Gasteiger partial charge in [-0.2, -0.15) is 0 Å². The number of hydrogen-bond donors (Lipinski definition) is 0. The second-order valence-corrected chi connectivity index (χ2v) is 14.2. The Kier molecular flexibility index (Phi) is 7.59. The van der Waals surface area contributed by atoms with Crippen LogP contribution in [-0.4, -0.2) is 52.0 Å². The van der Waals surface area contributed by atoms with E-state index in [0.717, 1.165) is 52.9 Å². The molecule has 4 aliphatic heterocycles. The van der Waals surface area contributed by atoms with Crippen LogP contribution in [0.25, 0.3) is 17.0 Å². The van der Waals surface area contributed by atoms with Crippen LogP contribution in [-0.2, 0) is 17.9 Å². The first-order valence-corrected chi connectivity index (χ1v) is 17.2. The first kappa shape index (κ1) is 28.1. The minimum atomic E-state index is 0.282. The van der Waals surface area contributed by atoms with Crippen molar-refractivity contribution in [1.82, 2.24) is 14.4 Å². The summed E-state index contributed by atoms with van der Waals surface area (Å²) in [6, 6.07) is 26.3. The maximum atomic E-state index is 14.1. The van der Waals surface area contributed by atoms with Crippen LogP contribution in [0.5, 0.6) is 5.75 Å². The zero-order valence-corrected chi connectivity index (χ0v) is 26.8. The third-order valence-corrected chi connectivity index (χ3v) is 11.1. The lowest BCUT2D eigenvalue weighted by atomic mass is 9.67. The van der Waals surface area contributed by atoms with Gasteiger partial charge in [-0.15, -0.1) is 0 Å². The SMILES string of the molecule is O=C1/C(=C/c2cn(Cc3ccc(OCc4ccccc4)cc3)c3ccc(Br)cc23)CC[C@@H]2[C@H]3CCCN4CCC[C@H](CN12)[C@@H]34. The van der Waals surface area contributed by atoms with Crippen molar-refractivity contribution in [3.05, 3.63) is 106 Å². The molecule has 0 unspecified atom stereocenters. The zero-order valence-electron chi connectivity index (χ0n) is 25.2. The average molecular weight is 651 g/mol. The topological polar surface area (TPSA) is 37.7 Å². The molecule has 0 saturated carbocycles. The van der Waals surface area contributed by atoms with E-state index in [0.29, 0.717) is 30.5 Å². The molecule has 1 amide bonds. The number of hydrogen-bond acceptors (Lipinski definition) is 3. The van der Waals surface area contributed by atoms with Crippen molar-refractivity contribution in [2.45, 2.75) is 63.8 Å². The molecule has 6 heteroatoms. The lowest BCUT2D eigenvalue weighted by Gasteiger charge is -2.58. The summed E-state index contributed by atoms with van der Waals surface area (Å²) >= 11 is 3.70. The Morgan fingerprint density at radius 3 is 2.57 bits per heavy atom. The number of ether oxygens (including phenoxy) is 1. The molecule has 4 saturated heterocycles. The number of rotatable bonds is 6. The van der Waals surface area contributed by atoms with Gasteiger partial charge in [-0.1, -0.05) is 58.4 Å². The number of carbonyl (C=O) groups is 1. The highest BCUT2D eigenvalue weighted by Gasteiger charge is 2.51. The van der Waals surface area contributed by atoms with Crippen molar-refractivity contribution in [3.8, 4) is 5.75 Å². The minimum absolute atomic E-state index is 0.282. The van der Waals surface area contributed by atoms with Gasteiger partial charge < -0.3 is 14.2 Å². The summed E-state index contributed by atoms with van der Waals surface area (Å²) in [5.41, 5.74) is 5.65. The van der Waals surface area contributed by atoms with Gasteiger partial charge in [-0.25, -0.2) is 0 Å². The van der Waals surface area contributed by atoms with Crippen LogP contribution in [0, 0.1) is 11.8 Å². The standard InChI is InChI=1S/C38H40BrN3O2/c39-31-13-17-35-34(21-31)30(23-41(35)22-26-10-14-32(15-11-26)44-25-27-6-2-1-3-7-27)20-28-12-16-36-33-9-5-19-40-18-4-8-29(37(33)40)24-42(36)38(28)43/h1-3,6-7,10-11,13-15,17,20-21,23,29,33,36-37H,4-5,8-9,12,16,18-19,22,24-25H2/b28-20+/t29-,33-,36-,37+/m1/s1. The van der Waals surface area contributed by atoms with Gasteiger partial charge >= 0.3 is 0 Å². The van der Waals surface area contributed by atoms with Crippen LogP contribution >= 0.6 is 15.9 Å². The van der Waals surface area contributed by atoms with Crippen molar-refractivity contribution >= 4 is 38.8 Å². The Morgan fingerprint density at radius 2 is 1.73 bits per heavy atom. The van der Waals surface area contributed by atoms with E-state index < -0.39 is 0 Å². The summed E-state index contributed by atoms with van der Waals surface area (Å²) in [4.78, 5) is 19.2. The predicted octanol–water partition coefficient (Wildman–Crippen LogP) is 7.91. The van der Waals surface area contributed by atoms with Crippen LogP contribution in [0.4, 0.5) is 0 Å². The Bertz CT molecular complexity index is 1690. The molecule has 0 radical (unpaired) electrons. The van der Waals surface area contributed by atoms with E-state index in [1.165, 1.54) is 55.2 Å². The van der Waals surface area contributed by atoms with Crippen LogP contribution < -0.4 is 4.74 Å². The number of amides is 1. The first-order valence-electron chi connectivity index (χ1n) is 16.4. The third kappa shape index (κ3) is 5.30.